The van der Waals surface area contributed by atoms with Gasteiger partial charge < -0.3 is 15.2 Å². The largest absolute Gasteiger partial charge is 0.491 e. The van der Waals surface area contributed by atoms with Gasteiger partial charge in [-0.25, -0.2) is 0 Å². The summed E-state index contributed by atoms with van der Waals surface area (Å²) in [4.78, 5) is 0. The second-order valence-electron chi connectivity index (χ2n) is 6.71. The fourth-order valence-corrected chi connectivity index (χ4v) is 3.29. The van der Waals surface area contributed by atoms with E-state index in [1.165, 1.54) is 17.5 Å². The van der Waals surface area contributed by atoms with Gasteiger partial charge in [0.05, 0.1) is 11.7 Å². The molecule has 3 rings (SSSR count). The van der Waals surface area contributed by atoms with Crippen molar-refractivity contribution in [2.75, 3.05) is 6.61 Å². The van der Waals surface area contributed by atoms with Crippen LogP contribution in [0.15, 0.2) is 18.2 Å². The molecule has 1 aromatic rings. The molecule has 0 radical (unpaired) electrons. The molecule has 20 heavy (non-hydrogen) atoms. The summed E-state index contributed by atoms with van der Waals surface area (Å²) >= 11 is 0. The Hall–Kier alpha value is -1.06. The predicted octanol–water partition coefficient (Wildman–Crippen LogP) is 3.36. The van der Waals surface area contributed by atoms with Crippen LogP contribution in [0.1, 0.15) is 56.7 Å². The van der Waals surface area contributed by atoms with E-state index in [0.29, 0.717) is 6.61 Å². The number of rotatable bonds is 3. The summed E-state index contributed by atoms with van der Waals surface area (Å²) in [5.74, 6) is 0.925. The number of ether oxygens (including phenoxy) is 2. The molecule has 0 amide bonds. The zero-order valence-corrected chi connectivity index (χ0v) is 12.5. The molecule has 110 valence electrons. The quantitative estimate of drug-likeness (QED) is 0.920. The Morgan fingerprint density at radius 1 is 1.35 bits per heavy atom. The predicted molar refractivity (Wildman–Crippen MR) is 80.0 cm³/mol. The summed E-state index contributed by atoms with van der Waals surface area (Å²) in [6.07, 6.45) is 5.82. The molecule has 2 unspecified atom stereocenters. The third-order valence-electron chi connectivity index (χ3n) is 4.47. The molecule has 1 saturated heterocycles. The lowest BCUT2D eigenvalue weighted by Gasteiger charge is -2.23. The van der Waals surface area contributed by atoms with Gasteiger partial charge in [0.1, 0.15) is 12.4 Å². The van der Waals surface area contributed by atoms with Crippen LogP contribution in [0, 0.1) is 0 Å². The topological polar surface area (TPSA) is 44.5 Å². The van der Waals surface area contributed by atoms with E-state index in [9.17, 15) is 0 Å². The molecule has 1 aliphatic carbocycles. The maximum absolute atomic E-state index is 6.19. The Morgan fingerprint density at radius 2 is 2.20 bits per heavy atom. The van der Waals surface area contributed by atoms with Crippen LogP contribution in [0.2, 0.25) is 0 Å². The Kier molecular flexibility index (Phi) is 3.74. The molecule has 2 aliphatic rings. The molecule has 0 spiro atoms. The minimum absolute atomic E-state index is 0.00618. The Bertz CT molecular complexity index is 484. The third-order valence-corrected chi connectivity index (χ3v) is 4.47. The van der Waals surface area contributed by atoms with Gasteiger partial charge in [-0.1, -0.05) is 6.07 Å². The molecule has 1 aromatic carbocycles. The van der Waals surface area contributed by atoms with Crippen LogP contribution in [0.3, 0.4) is 0 Å². The van der Waals surface area contributed by atoms with Crippen LogP contribution in [0.25, 0.3) is 0 Å². The molecule has 0 bridgehead atoms. The van der Waals surface area contributed by atoms with Crippen molar-refractivity contribution >= 4 is 0 Å². The SMILES string of the molecule is CC1(C)CCC(COc2ccc3c(c2)C(N)CCC3)O1. The third kappa shape index (κ3) is 2.99. The first-order valence-corrected chi connectivity index (χ1v) is 7.72. The van der Waals surface area contributed by atoms with Crippen LogP contribution in [0.4, 0.5) is 0 Å². The summed E-state index contributed by atoms with van der Waals surface area (Å²) in [5, 5.41) is 0. The van der Waals surface area contributed by atoms with E-state index in [1.54, 1.807) is 0 Å². The van der Waals surface area contributed by atoms with E-state index in [4.69, 9.17) is 15.2 Å². The van der Waals surface area contributed by atoms with Crippen LogP contribution in [-0.4, -0.2) is 18.3 Å². The van der Waals surface area contributed by atoms with Crippen molar-refractivity contribution in [2.24, 2.45) is 5.73 Å². The molecule has 1 heterocycles. The van der Waals surface area contributed by atoms with Gasteiger partial charge in [-0.05, 0) is 69.2 Å². The second kappa shape index (κ2) is 5.38. The molecular formula is C17H25NO2. The standard InChI is InChI=1S/C17H25NO2/c1-17(2)9-8-14(20-17)11-19-13-7-6-12-4-3-5-16(18)15(12)10-13/h6-7,10,14,16H,3-5,8-9,11,18H2,1-2H3. The average molecular weight is 275 g/mol. The first-order valence-electron chi connectivity index (χ1n) is 7.72. The fraction of sp³-hybridized carbons (Fsp3) is 0.647. The van der Waals surface area contributed by atoms with Crippen molar-refractivity contribution in [1.29, 1.82) is 0 Å². The van der Waals surface area contributed by atoms with Gasteiger partial charge in [-0.2, -0.15) is 0 Å². The van der Waals surface area contributed by atoms with Gasteiger partial charge in [-0.15, -0.1) is 0 Å². The lowest BCUT2D eigenvalue weighted by Crippen LogP contribution is -2.24. The van der Waals surface area contributed by atoms with Gasteiger partial charge in [-0.3, -0.25) is 0 Å². The molecule has 1 fully saturated rings. The normalized spacial score (nSPS) is 28.1. The first kappa shape index (κ1) is 13.9. The number of benzene rings is 1. The minimum Gasteiger partial charge on any atom is -0.491 e. The van der Waals surface area contributed by atoms with Crippen molar-refractivity contribution in [2.45, 2.75) is 63.7 Å². The summed E-state index contributed by atoms with van der Waals surface area (Å²) in [6, 6.07) is 6.53. The van der Waals surface area contributed by atoms with E-state index in [-0.39, 0.29) is 17.7 Å². The Labute approximate surface area is 121 Å². The molecule has 2 N–H and O–H groups in total. The highest BCUT2D eigenvalue weighted by Crippen LogP contribution is 2.32. The molecule has 0 aromatic heterocycles. The lowest BCUT2D eigenvalue weighted by atomic mass is 9.88. The van der Waals surface area contributed by atoms with Gasteiger partial charge >= 0.3 is 0 Å². The zero-order valence-electron chi connectivity index (χ0n) is 12.5. The first-order chi connectivity index (χ1) is 9.53. The van der Waals surface area contributed by atoms with Crippen molar-refractivity contribution in [1.82, 2.24) is 0 Å². The highest BCUT2D eigenvalue weighted by Gasteiger charge is 2.32. The Balaban J connectivity index is 1.62. The molecule has 3 nitrogen and oxygen atoms in total. The number of nitrogens with two attached hydrogens (primary N) is 1. The summed E-state index contributed by atoms with van der Waals surface area (Å²) in [6.45, 7) is 4.92. The maximum atomic E-state index is 6.19. The van der Waals surface area contributed by atoms with Gasteiger partial charge in [0.2, 0.25) is 0 Å². The van der Waals surface area contributed by atoms with E-state index in [2.05, 4.69) is 32.0 Å². The highest BCUT2D eigenvalue weighted by atomic mass is 16.6. The van der Waals surface area contributed by atoms with Gasteiger partial charge in [0, 0.05) is 6.04 Å². The Morgan fingerprint density at radius 3 is 2.95 bits per heavy atom. The molecule has 3 heteroatoms. The highest BCUT2D eigenvalue weighted by molar-refractivity contribution is 5.39. The van der Waals surface area contributed by atoms with Crippen LogP contribution in [-0.2, 0) is 11.2 Å². The lowest BCUT2D eigenvalue weighted by molar-refractivity contribution is -0.0326. The summed E-state index contributed by atoms with van der Waals surface area (Å²) < 4.78 is 11.9. The average Bonchev–Trinajstić information content (AvgIpc) is 2.77. The summed E-state index contributed by atoms with van der Waals surface area (Å²) in [7, 11) is 0. The van der Waals surface area contributed by atoms with E-state index < -0.39 is 0 Å². The number of hydrogen-bond donors (Lipinski definition) is 1. The van der Waals surface area contributed by atoms with E-state index in [0.717, 1.165) is 31.4 Å². The number of hydrogen-bond acceptors (Lipinski definition) is 3. The van der Waals surface area contributed by atoms with Crippen LogP contribution >= 0.6 is 0 Å². The van der Waals surface area contributed by atoms with Crippen molar-refractivity contribution < 1.29 is 9.47 Å². The smallest absolute Gasteiger partial charge is 0.119 e. The van der Waals surface area contributed by atoms with Crippen molar-refractivity contribution in [3.05, 3.63) is 29.3 Å². The van der Waals surface area contributed by atoms with Crippen LogP contribution in [0.5, 0.6) is 5.75 Å². The van der Waals surface area contributed by atoms with Gasteiger partial charge in [0.25, 0.3) is 0 Å². The number of fused-ring (bicyclic) bond motifs is 1. The molecule has 0 saturated carbocycles. The maximum Gasteiger partial charge on any atom is 0.119 e. The molecular weight excluding hydrogens is 250 g/mol. The number of aryl methyl sites for hydroxylation is 1. The zero-order chi connectivity index (χ0) is 14.2. The second-order valence-corrected chi connectivity index (χ2v) is 6.71. The van der Waals surface area contributed by atoms with Crippen molar-refractivity contribution in [3.8, 4) is 5.75 Å². The van der Waals surface area contributed by atoms with Crippen molar-refractivity contribution in [3.63, 3.8) is 0 Å². The van der Waals surface area contributed by atoms with E-state index >= 15 is 0 Å². The molecule has 2 atom stereocenters. The van der Waals surface area contributed by atoms with Gasteiger partial charge in [0.15, 0.2) is 0 Å². The minimum atomic E-state index is 0.00618. The monoisotopic (exact) mass is 275 g/mol. The van der Waals surface area contributed by atoms with E-state index in [1.807, 2.05) is 0 Å². The summed E-state index contributed by atoms with van der Waals surface area (Å²) in [5.41, 5.74) is 8.84. The van der Waals surface area contributed by atoms with Crippen LogP contribution < -0.4 is 10.5 Å². The fourth-order valence-electron chi connectivity index (χ4n) is 3.29. The molecule has 1 aliphatic heterocycles.